The van der Waals surface area contributed by atoms with Gasteiger partial charge >= 0.3 is 0 Å². The predicted octanol–water partition coefficient (Wildman–Crippen LogP) is -0.410. The molecule has 0 N–H and O–H groups in total. The molecule has 0 spiro atoms. The fourth-order valence-corrected chi connectivity index (χ4v) is 1.83. The van der Waals surface area contributed by atoms with Crippen molar-refractivity contribution in [1.82, 2.24) is 9.91 Å². The summed E-state index contributed by atoms with van der Waals surface area (Å²) in [6.07, 6.45) is -0.0477. The van der Waals surface area contributed by atoms with Crippen LogP contribution in [-0.2, 0) is 9.47 Å². The van der Waals surface area contributed by atoms with Crippen molar-refractivity contribution in [2.24, 2.45) is 0 Å². The highest BCUT2D eigenvalue weighted by Crippen LogP contribution is 2.10. The highest BCUT2D eigenvalue weighted by molar-refractivity contribution is 5.85. The van der Waals surface area contributed by atoms with Crippen LogP contribution >= 0.6 is 12.4 Å². The summed E-state index contributed by atoms with van der Waals surface area (Å²) in [5, 5.41) is 11.2. The molecule has 0 bridgehead atoms. The van der Waals surface area contributed by atoms with Gasteiger partial charge in [-0.1, -0.05) is 0 Å². The zero-order valence-corrected chi connectivity index (χ0v) is 9.73. The lowest BCUT2D eigenvalue weighted by Crippen LogP contribution is -2.42. The number of hydrazine groups is 1. The van der Waals surface area contributed by atoms with Crippen molar-refractivity contribution in [3.63, 3.8) is 0 Å². The van der Waals surface area contributed by atoms with E-state index in [1.807, 2.05) is 0 Å². The van der Waals surface area contributed by atoms with Crippen molar-refractivity contribution >= 4 is 12.4 Å². The van der Waals surface area contributed by atoms with E-state index in [0.29, 0.717) is 6.54 Å². The fraction of sp³-hybridized carbons (Fsp3) is 1.00. The van der Waals surface area contributed by atoms with Crippen molar-refractivity contribution in [3.8, 4) is 0 Å². The number of hydrogen-bond donors (Lipinski definition) is 0. The second-order valence-corrected chi connectivity index (χ2v) is 3.76. The Balaban J connectivity index is 0.00000128. The lowest BCUT2D eigenvalue weighted by atomic mass is 10.3. The van der Waals surface area contributed by atoms with Gasteiger partial charge in [0.15, 0.2) is 11.8 Å². The van der Waals surface area contributed by atoms with E-state index >= 15 is 0 Å². The van der Waals surface area contributed by atoms with E-state index in [1.165, 1.54) is 0 Å². The lowest BCUT2D eigenvalue weighted by Gasteiger charge is -2.28. The quantitative estimate of drug-likeness (QED) is 0.503. The smallest absolute Gasteiger partial charge is 0.177 e. The highest BCUT2D eigenvalue weighted by Gasteiger charge is 2.31. The molecule has 0 radical (unpaired) electrons. The van der Waals surface area contributed by atoms with E-state index in [2.05, 4.69) is 4.90 Å². The Labute approximate surface area is 99.8 Å². The Morgan fingerprint density at radius 2 is 2.06 bits per heavy atom. The van der Waals surface area contributed by atoms with Gasteiger partial charge in [0.25, 0.3) is 0 Å². The molecule has 0 aliphatic carbocycles. The second kappa shape index (κ2) is 6.19. The summed E-state index contributed by atoms with van der Waals surface area (Å²) in [5.41, 5.74) is 0. The Bertz CT molecular complexity index is 237. The molecule has 0 aromatic heterocycles. The monoisotopic (exact) mass is 253 g/mol. The maximum absolute atomic E-state index is 10.5. The lowest BCUT2D eigenvalue weighted by molar-refractivity contribution is -0.654. The first-order valence-corrected chi connectivity index (χ1v) is 5.06. The number of rotatable bonds is 3. The van der Waals surface area contributed by atoms with Crippen LogP contribution in [-0.4, -0.2) is 67.2 Å². The molecular formula is C8H16ClN3O4. The molecule has 1 unspecified atom stereocenters. The van der Waals surface area contributed by atoms with E-state index in [4.69, 9.17) is 9.47 Å². The van der Waals surface area contributed by atoms with Gasteiger partial charge in [-0.15, -0.1) is 17.4 Å². The third-order valence-corrected chi connectivity index (χ3v) is 2.67. The summed E-state index contributed by atoms with van der Waals surface area (Å²) in [6, 6.07) is 0. The minimum absolute atomic E-state index is 0. The Morgan fingerprint density at radius 3 is 2.62 bits per heavy atom. The average molecular weight is 254 g/mol. The first-order valence-electron chi connectivity index (χ1n) is 5.06. The van der Waals surface area contributed by atoms with E-state index in [0.717, 1.165) is 37.9 Å². The molecule has 1 atom stereocenters. The van der Waals surface area contributed by atoms with Crippen molar-refractivity contribution in [3.05, 3.63) is 10.1 Å². The van der Waals surface area contributed by atoms with E-state index in [1.54, 1.807) is 0 Å². The van der Waals surface area contributed by atoms with E-state index in [-0.39, 0.29) is 25.2 Å². The van der Waals surface area contributed by atoms with Crippen LogP contribution in [0.15, 0.2) is 0 Å². The van der Waals surface area contributed by atoms with Gasteiger partial charge in [-0.25, -0.2) is 10.1 Å². The SMILES string of the molecule is Cl.O=[N+]([O-])N1COC(CN2CCOCC2)C1. The largest absolute Gasteiger partial charge is 0.379 e. The van der Waals surface area contributed by atoms with Gasteiger partial charge in [0.05, 0.1) is 19.3 Å². The van der Waals surface area contributed by atoms with Crippen molar-refractivity contribution in [1.29, 1.82) is 0 Å². The van der Waals surface area contributed by atoms with Crippen LogP contribution in [0.25, 0.3) is 0 Å². The Kier molecular flexibility index (Phi) is 5.20. The molecule has 0 amide bonds. The van der Waals surface area contributed by atoms with E-state index < -0.39 is 5.03 Å². The van der Waals surface area contributed by atoms with Crippen molar-refractivity contribution in [2.45, 2.75) is 6.10 Å². The number of nitrogens with zero attached hydrogens (tertiary/aromatic N) is 3. The molecule has 7 nitrogen and oxygen atoms in total. The van der Waals surface area contributed by atoms with Gasteiger partial charge in [0.1, 0.15) is 6.54 Å². The van der Waals surface area contributed by atoms with Crippen LogP contribution in [0.2, 0.25) is 0 Å². The number of nitro groups is 1. The highest BCUT2D eigenvalue weighted by atomic mass is 35.5. The van der Waals surface area contributed by atoms with Gasteiger partial charge in [0.2, 0.25) is 0 Å². The molecular weight excluding hydrogens is 238 g/mol. The molecule has 8 heteroatoms. The number of hydrogen-bond acceptors (Lipinski definition) is 5. The first-order chi connectivity index (χ1) is 7.25. The van der Waals surface area contributed by atoms with Crippen LogP contribution in [0.3, 0.4) is 0 Å². The zero-order chi connectivity index (χ0) is 10.7. The zero-order valence-electron chi connectivity index (χ0n) is 8.91. The van der Waals surface area contributed by atoms with Gasteiger partial charge in [-0.2, -0.15) is 0 Å². The summed E-state index contributed by atoms with van der Waals surface area (Å²) < 4.78 is 10.6. The standard InChI is InChI=1S/C8H15N3O4.ClH/c12-11(13)10-6-8(15-7-10)5-9-1-3-14-4-2-9;/h8H,1-7H2;1H. The molecule has 2 rings (SSSR count). The van der Waals surface area contributed by atoms with Crippen LogP contribution in [0.1, 0.15) is 0 Å². The van der Waals surface area contributed by atoms with Crippen LogP contribution < -0.4 is 0 Å². The van der Waals surface area contributed by atoms with Gasteiger partial charge in [-0.3, -0.25) is 4.90 Å². The summed E-state index contributed by atoms with van der Waals surface area (Å²) in [6.45, 7) is 4.49. The number of morpholine rings is 1. The molecule has 2 fully saturated rings. The summed E-state index contributed by atoms with van der Waals surface area (Å²) in [4.78, 5) is 12.7. The van der Waals surface area contributed by atoms with Gasteiger partial charge < -0.3 is 9.47 Å². The molecule has 0 aromatic rings. The Morgan fingerprint density at radius 1 is 1.38 bits per heavy atom. The summed E-state index contributed by atoms with van der Waals surface area (Å²) in [7, 11) is 0. The minimum Gasteiger partial charge on any atom is -0.379 e. The molecule has 0 aromatic carbocycles. The predicted molar refractivity (Wildman–Crippen MR) is 57.9 cm³/mol. The molecule has 16 heavy (non-hydrogen) atoms. The van der Waals surface area contributed by atoms with Gasteiger partial charge in [-0.05, 0) is 0 Å². The maximum Gasteiger partial charge on any atom is 0.177 e. The molecule has 0 saturated carbocycles. The maximum atomic E-state index is 10.5. The second-order valence-electron chi connectivity index (χ2n) is 3.76. The fourth-order valence-electron chi connectivity index (χ4n) is 1.83. The minimum atomic E-state index is -0.403. The summed E-state index contributed by atoms with van der Waals surface area (Å²) in [5.74, 6) is 0. The number of halogens is 1. The average Bonchev–Trinajstić information content (AvgIpc) is 2.68. The van der Waals surface area contributed by atoms with Crippen LogP contribution in [0, 0.1) is 10.1 Å². The Hall–Kier alpha value is -0.630. The first kappa shape index (κ1) is 13.4. The molecule has 2 aliphatic rings. The summed E-state index contributed by atoms with van der Waals surface area (Å²) >= 11 is 0. The molecule has 2 heterocycles. The van der Waals surface area contributed by atoms with Gasteiger partial charge in [0, 0.05) is 19.6 Å². The normalized spacial score (nSPS) is 26.5. The number of ether oxygens (including phenoxy) is 2. The van der Waals surface area contributed by atoms with Crippen molar-refractivity contribution < 1.29 is 14.5 Å². The molecule has 94 valence electrons. The topological polar surface area (TPSA) is 68.1 Å². The van der Waals surface area contributed by atoms with E-state index in [9.17, 15) is 10.1 Å². The van der Waals surface area contributed by atoms with Crippen LogP contribution in [0.4, 0.5) is 0 Å². The van der Waals surface area contributed by atoms with Crippen molar-refractivity contribution in [2.75, 3.05) is 46.1 Å². The third-order valence-electron chi connectivity index (χ3n) is 2.67. The van der Waals surface area contributed by atoms with Crippen LogP contribution in [0.5, 0.6) is 0 Å². The molecule has 2 saturated heterocycles. The molecule has 2 aliphatic heterocycles. The third kappa shape index (κ3) is 3.44.